The zero-order valence-electron chi connectivity index (χ0n) is 21.6. The van der Waals surface area contributed by atoms with Crippen molar-refractivity contribution in [3.8, 4) is 11.5 Å². The Morgan fingerprint density at radius 2 is 1.68 bits per heavy atom. The SMILES string of the molecule is COc1cc2nc(N3CCC(N4CCOCC4)CC3)nc(NCc3cccc(C(F)(F)F)c3)c2cc1OC. The van der Waals surface area contributed by atoms with Gasteiger partial charge in [-0.3, -0.25) is 4.90 Å². The first-order chi connectivity index (χ1) is 18.4. The molecule has 0 unspecified atom stereocenters. The Hall–Kier alpha value is -3.31. The van der Waals surface area contributed by atoms with Crippen LogP contribution in [0.25, 0.3) is 10.9 Å². The number of fused-ring (bicyclic) bond motifs is 1. The highest BCUT2D eigenvalue weighted by molar-refractivity contribution is 5.92. The molecule has 2 saturated heterocycles. The van der Waals surface area contributed by atoms with Crippen LogP contribution in [0, 0.1) is 0 Å². The molecule has 38 heavy (non-hydrogen) atoms. The summed E-state index contributed by atoms with van der Waals surface area (Å²) in [4.78, 5) is 14.3. The predicted octanol–water partition coefficient (Wildman–Crippen LogP) is 4.58. The van der Waals surface area contributed by atoms with E-state index in [0.29, 0.717) is 45.8 Å². The Bertz CT molecular complexity index is 1260. The van der Waals surface area contributed by atoms with Gasteiger partial charge < -0.3 is 24.4 Å². The average molecular weight is 532 g/mol. The Morgan fingerprint density at radius 3 is 2.37 bits per heavy atom. The summed E-state index contributed by atoms with van der Waals surface area (Å²) in [6, 6.07) is 9.39. The van der Waals surface area contributed by atoms with Crippen molar-refractivity contribution in [3.63, 3.8) is 0 Å². The van der Waals surface area contributed by atoms with Gasteiger partial charge in [-0.2, -0.15) is 18.2 Å². The average Bonchev–Trinajstić information content (AvgIpc) is 2.95. The van der Waals surface area contributed by atoms with Crippen LogP contribution in [0.5, 0.6) is 11.5 Å². The molecule has 0 aliphatic carbocycles. The zero-order chi connectivity index (χ0) is 26.7. The maximum absolute atomic E-state index is 13.2. The molecule has 8 nitrogen and oxygen atoms in total. The minimum absolute atomic E-state index is 0.170. The number of hydrogen-bond acceptors (Lipinski definition) is 8. The van der Waals surface area contributed by atoms with E-state index in [1.54, 1.807) is 32.4 Å². The molecular weight excluding hydrogens is 499 g/mol. The maximum atomic E-state index is 13.2. The molecule has 3 aromatic rings. The van der Waals surface area contributed by atoms with Crippen molar-refractivity contribution in [2.24, 2.45) is 0 Å². The van der Waals surface area contributed by atoms with Crippen LogP contribution >= 0.6 is 0 Å². The summed E-state index contributed by atoms with van der Waals surface area (Å²) < 4.78 is 56.1. The lowest BCUT2D eigenvalue weighted by Gasteiger charge is -2.40. The van der Waals surface area contributed by atoms with Gasteiger partial charge in [0.25, 0.3) is 0 Å². The molecule has 0 radical (unpaired) electrons. The zero-order valence-corrected chi connectivity index (χ0v) is 21.6. The molecule has 0 bridgehead atoms. The molecule has 204 valence electrons. The van der Waals surface area contributed by atoms with Crippen LogP contribution in [0.15, 0.2) is 36.4 Å². The van der Waals surface area contributed by atoms with Crippen molar-refractivity contribution in [3.05, 3.63) is 47.5 Å². The minimum Gasteiger partial charge on any atom is -0.493 e. The van der Waals surface area contributed by atoms with Gasteiger partial charge in [-0.05, 0) is 36.6 Å². The van der Waals surface area contributed by atoms with Crippen molar-refractivity contribution in [2.45, 2.75) is 31.6 Å². The number of aromatic nitrogens is 2. The van der Waals surface area contributed by atoms with Crippen LogP contribution in [-0.2, 0) is 17.5 Å². The van der Waals surface area contributed by atoms with Crippen LogP contribution in [0.4, 0.5) is 24.9 Å². The molecule has 0 atom stereocenters. The fourth-order valence-corrected chi connectivity index (χ4v) is 5.14. The van der Waals surface area contributed by atoms with Gasteiger partial charge in [0.05, 0.1) is 38.5 Å². The highest BCUT2D eigenvalue weighted by atomic mass is 19.4. The van der Waals surface area contributed by atoms with Gasteiger partial charge in [0.1, 0.15) is 5.82 Å². The summed E-state index contributed by atoms with van der Waals surface area (Å²) in [7, 11) is 3.11. The molecule has 2 aliphatic heterocycles. The van der Waals surface area contributed by atoms with Crippen molar-refractivity contribution in [2.75, 3.05) is 63.8 Å². The smallest absolute Gasteiger partial charge is 0.416 e. The van der Waals surface area contributed by atoms with Gasteiger partial charge >= 0.3 is 6.18 Å². The standard InChI is InChI=1S/C27H32F3N5O3/c1-36-23-15-21-22(16-24(23)37-2)32-26(35-8-6-20(7-9-35)34-10-12-38-13-11-34)33-25(21)31-17-18-4-3-5-19(14-18)27(28,29)30/h3-5,14-16,20H,6-13,17H2,1-2H3,(H,31,32,33). The number of halogens is 3. The van der Waals surface area contributed by atoms with Crippen molar-refractivity contribution in [1.82, 2.24) is 14.9 Å². The number of morpholine rings is 1. The Labute approximate surface area is 219 Å². The van der Waals surface area contributed by atoms with E-state index >= 15 is 0 Å². The number of alkyl halides is 3. The number of hydrogen-bond donors (Lipinski definition) is 1. The lowest BCUT2D eigenvalue weighted by atomic mass is 10.0. The van der Waals surface area contributed by atoms with Crippen LogP contribution in [0.1, 0.15) is 24.0 Å². The van der Waals surface area contributed by atoms with Crippen molar-refractivity contribution in [1.29, 1.82) is 0 Å². The quantitative estimate of drug-likeness (QED) is 0.475. The summed E-state index contributed by atoms with van der Waals surface area (Å²) >= 11 is 0. The Kier molecular flexibility index (Phi) is 7.75. The Balaban J connectivity index is 1.42. The first kappa shape index (κ1) is 26.3. The van der Waals surface area contributed by atoms with E-state index in [1.165, 1.54) is 6.07 Å². The largest absolute Gasteiger partial charge is 0.493 e. The van der Waals surface area contributed by atoms with E-state index in [9.17, 15) is 13.2 Å². The van der Waals surface area contributed by atoms with Gasteiger partial charge in [-0.1, -0.05) is 12.1 Å². The predicted molar refractivity (Wildman–Crippen MR) is 139 cm³/mol. The fraction of sp³-hybridized carbons (Fsp3) is 0.481. The van der Waals surface area contributed by atoms with Crippen LogP contribution in [0.3, 0.4) is 0 Å². The summed E-state index contributed by atoms with van der Waals surface area (Å²) in [6.07, 6.45) is -2.40. The summed E-state index contributed by atoms with van der Waals surface area (Å²) in [5.74, 6) is 2.17. The normalized spacial score (nSPS) is 17.6. The van der Waals surface area contributed by atoms with E-state index in [-0.39, 0.29) is 6.54 Å². The van der Waals surface area contributed by atoms with Crippen molar-refractivity contribution >= 4 is 22.7 Å². The van der Waals surface area contributed by atoms with Gasteiger partial charge in [-0.15, -0.1) is 0 Å². The maximum Gasteiger partial charge on any atom is 0.416 e. The Morgan fingerprint density at radius 1 is 0.974 bits per heavy atom. The number of piperidine rings is 1. The molecule has 1 aromatic heterocycles. The lowest BCUT2D eigenvalue weighted by Crippen LogP contribution is -2.49. The number of benzene rings is 2. The highest BCUT2D eigenvalue weighted by Gasteiger charge is 2.30. The van der Waals surface area contributed by atoms with E-state index < -0.39 is 11.7 Å². The van der Waals surface area contributed by atoms with E-state index in [0.717, 1.165) is 64.4 Å². The van der Waals surface area contributed by atoms with Crippen LogP contribution in [0.2, 0.25) is 0 Å². The first-order valence-corrected chi connectivity index (χ1v) is 12.8. The van der Waals surface area contributed by atoms with Gasteiger partial charge in [0.2, 0.25) is 5.95 Å². The molecule has 0 amide bonds. The topological polar surface area (TPSA) is 72.0 Å². The second kappa shape index (κ2) is 11.2. The highest BCUT2D eigenvalue weighted by Crippen LogP contribution is 2.36. The molecule has 2 aliphatic rings. The second-order valence-electron chi connectivity index (χ2n) is 9.51. The molecule has 3 heterocycles. The summed E-state index contributed by atoms with van der Waals surface area (Å²) in [5, 5.41) is 3.94. The summed E-state index contributed by atoms with van der Waals surface area (Å²) in [6.45, 7) is 5.27. The molecule has 0 saturated carbocycles. The second-order valence-corrected chi connectivity index (χ2v) is 9.51. The van der Waals surface area contributed by atoms with Gasteiger partial charge in [-0.25, -0.2) is 4.98 Å². The van der Waals surface area contributed by atoms with Crippen LogP contribution < -0.4 is 19.7 Å². The number of nitrogens with one attached hydrogen (secondary N) is 1. The van der Waals surface area contributed by atoms with E-state index in [4.69, 9.17) is 24.2 Å². The number of methoxy groups -OCH3 is 2. The monoisotopic (exact) mass is 531 g/mol. The third-order valence-electron chi connectivity index (χ3n) is 7.21. The number of nitrogens with zero attached hydrogens (tertiary/aromatic N) is 4. The number of ether oxygens (including phenoxy) is 3. The lowest BCUT2D eigenvalue weighted by molar-refractivity contribution is -0.137. The molecule has 5 rings (SSSR count). The van der Waals surface area contributed by atoms with Gasteiger partial charge in [0, 0.05) is 50.2 Å². The molecule has 0 spiro atoms. The van der Waals surface area contributed by atoms with Gasteiger partial charge in [0.15, 0.2) is 11.5 Å². The first-order valence-electron chi connectivity index (χ1n) is 12.8. The van der Waals surface area contributed by atoms with Crippen molar-refractivity contribution < 1.29 is 27.4 Å². The molecule has 2 aromatic carbocycles. The minimum atomic E-state index is -4.40. The molecule has 2 fully saturated rings. The molecular formula is C27H32F3N5O3. The van der Waals surface area contributed by atoms with E-state index in [2.05, 4.69) is 15.1 Å². The van der Waals surface area contributed by atoms with E-state index in [1.807, 2.05) is 0 Å². The third kappa shape index (κ3) is 5.73. The summed E-state index contributed by atoms with van der Waals surface area (Å²) in [5.41, 5.74) is 0.481. The fourth-order valence-electron chi connectivity index (χ4n) is 5.14. The van der Waals surface area contributed by atoms with Crippen LogP contribution in [-0.4, -0.2) is 74.5 Å². The molecule has 1 N–H and O–H groups in total. The number of rotatable bonds is 7. The third-order valence-corrected chi connectivity index (χ3v) is 7.21. The molecule has 11 heteroatoms. The number of anilines is 2.